The summed E-state index contributed by atoms with van der Waals surface area (Å²) in [5.41, 5.74) is 1.53. The van der Waals surface area contributed by atoms with Gasteiger partial charge in [-0.2, -0.15) is 0 Å². The van der Waals surface area contributed by atoms with Gasteiger partial charge in [0.15, 0.2) is 0 Å². The molecule has 5 heteroatoms. The summed E-state index contributed by atoms with van der Waals surface area (Å²) in [6.45, 7) is 0. The summed E-state index contributed by atoms with van der Waals surface area (Å²) in [5.74, 6) is 0.843. The van der Waals surface area contributed by atoms with Crippen LogP contribution in [0.4, 0.5) is 0 Å². The number of amides is 1. The number of nitrogens with one attached hydrogen (secondary N) is 1. The van der Waals surface area contributed by atoms with Gasteiger partial charge in [-0.25, -0.2) is 0 Å². The number of rotatable bonds is 2. The number of carbonyl (C=O) groups is 1. The molecule has 102 valence electrons. The van der Waals surface area contributed by atoms with Crippen LogP contribution in [-0.4, -0.2) is 16.6 Å². The highest BCUT2D eigenvalue weighted by atomic mass is 35.5. The summed E-state index contributed by atoms with van der Waals surface area (Å²) < 4.78 is 0. The average Bonchev–Trinajstić information content (AvgIpc) is 2.49. The molecule has 1 N–H and O–H groups in total. The van der Waals surface area contributed by atoms with Crippen LogP contribution in [0.2, 0.25) is 5.02 Å². The Labute approximate surface area is 126 Å². The number of carbonyl (C=O) groups excluding carboxylic acids is 1. The lowest BCUT2D eigenvalue weighted by Gasteiger charge is -2.26. The minimum atomic E-state index is -0.145. The second-order valence-electron chi connectivity index (χ2n) is 4.56. The molecule has 0 saturated heterocycles. The second kappa shape index (κ2) is 5.85. The molecular formula is C15H13ClN2OS. The number of halogens is 1. The molecule has 1 unspecified atom stereocenters. The molecule has 0 radical (unpaired) electrons. The summed E-state index contributed by atoms with van der Waals surface area (Å²) >= 11 is 7.86. The first-order chi connectivity index (χ1) is 9.74. The quantitative estimate of drug-likeness (QED) is 0.920. The number of hydrogen-bond acceptors (Lipinski definition) is 3. The van der Waals surface area contributed by atoms with Crippen LogP contribution in [0.1, 0.15) is 28.5 Å². The van der Waals surface area contributed by atoms with Crippen molar-refractivity contribution in [2.75, 3.05) is 5.75 Å². The van der Waals surface area contributed by atoms with Crippen LogP contribution in [0, 0.1) is 0 Å². The van der Waals surface area contributed by atoms with E-state index in [1.54, 1.807) is 30.1 Å². The van der Waals surface area contributed by atoms with Gasteiger partial charge in [-0.3, -0.25) is 9.78 Å². The van der Waals surface area contributed by atoms with Gasteiger partial charge in [-0.05, 0) is 42.3 Å². The van der Waals surface area contributed by atoms with Crippen molar-refractivity contribution in [1.29, 1.82) is 0 Å². The Morgan fingerprint density at radius 1 is 1.35 bits per heavy atom. The molecule has 1 aromatic heterocycles. The molecule has 3 nitrogen and oxygen atoms in total. The van der Waals surface area contributed by atoms with Crippen molar-refractivity contribution in [3.63, 3.8) is 0 Å². The van der Waals surface area contributed by atoms with Gasteiger partial charge in [0, 0.05) is 21.9 Å². The minimum Gasteiger partial charge on any atom is -0.344 e. The first-order valence-electron chi connectivity index (χ1n) is 6.38. The zero-order valence-electron chi connectivity index (χ0n) is 10.7. The predicted octanol–water partition coefficient (Wildman–Crippen LogP) is 3.70. The average molecular weight is 305 g/mol. The second-order valence-corrected chi connectivity index (χ2v) is 6.13. The van der Waals surface area contributed by atoms with Gasteiger partial charge in [0.2, 0.25) is 0 Å². The summed E-state index contributed by atoms with van der Waals surface area (Å²) in [5, 5.41) is 3.74. The van der Waals surface area contributed by atoms with Gasteiger partial charge in [-0.1, -0.05) is 17.7 Å². The fourth-order valence-electron chi connectivity index (χ4n) is 2.24. The summed E-state index contributed by atoms with van der Waals surface area (Å²) in [6, 6.07) is 11.2. The van der Waals surface area contributed by atoms with Crippen molar-refractivity contribution in [2.24, 2.45) is 0 Å². The normalized spacial score (nSPS) is 17.4. The first kappa shape index (κ1) is 13.5. The monoisotopic (exact) mass is 304 g/mol. The lowest BCUT2D eigenvalue weighted by atomic mass is 10.0. The molecule has 1 amide bonds. The van der Waals surface area contributed by atoms with Crippen LogP contribution in [0.25, 0.3) is 0 Å². The smallest absolute Gasteiger partial charge is 0.270 e. The lowest BCUT2D eigenvalue weighted by Crippen LogP contribution is -2.31. The first-order valence-corrected chi connectivity index (χ1v) is 7.74. The Balaban J connectivity index is 1.83. The summed E-state index contributed by atoms with van der Waals surface area (Å²) in [6.07, 6.45) is 2.52. The molecule has 0 bridgehead atoms. The largest absolute Gasteiger partial charge is 0.344 e. The fourth-order valence-corrected chi connectivity index (χ4v) is 3.53. The molecule has 1 aromatic carbocycles. The molecular weight excluding hydrogens is 292 g/mol. The maximum atomic E-state index is 12.2. The van der Waals surface area contributed by atoms with Crippen LogP contribution < -0.4 is 5.32 Å². The highest BCUT2D eigenvalue weighted by Crippen LogP contribution is 2.37. The Bertz CT molecular complexity index is 633. The fraction of sp³-hybridized carbons (Fsp3) is 0.200. The van der Waals surface area contributed by atoms with E-state index >= 15 is 0 Å². The van der Waals surface area contributed by atoms with Crippen LogP contribution in [0.3, 0.4) is 0 Å². The SMILES string of the molecule is O=C(NC1CCSc2ccc(Cl)cc21)c1ccccn1. The van der Waals surface area contributed by atoms with Crippen LogP contribution in [-0.2, 0) is 0 Å². The zero-order chi connectivity index (χ0) is 13.9. The van der Waals surface area contributed by atoms with Gasteiger partial charge in [-0.15, -0.1) is 11.8 Å². The van der Waals surface area contributed by atoms with Gasteiger partial charge >= 0.3 is 0 Å². The predicted molar refractivity (Wildman–Crippen MR) is 81.2 cm³/mol. The molecule has 1 atom stereocenters. The molecule has 3 rings (SSSR count). The van der Waals surface area contributed by atoms with Gasteiger partial charge in [0.05, 0.1) is 6.04 Å². The molecule has 0 fully saturated rings. The maximum absolute atomic E-state index is 12.2. The number of benzene rings is 1. The zero-order valence-corrected chi connectivity index (χ0v) is 12.2. The number of hydrogen-bond donors (Lipinski definition) is 1. The van der Waals surface area contributed by atoms with E-state index in [-0.39, 0.29) is 11.9 Å². The third-order valence-electron chi connectivity index (χ3n) is 3.21. The van der Waals surface area contributed by atoms with Crippen LogP contribution in [0.5, 0.6) is 0 Å². The van der Waals surface area contributed by atoms with Gasteiger partial charge in [0.1, 0.15) is 5.69 Å². The van der Waals surface area contributed by atoms with Crippen molar-refractivity contribution in [1.82, 2.24) is 10.3 Å². The van der Waals surface area contributed by atoms with Crippen LogP contribution in [0.15, 0.2) is 47.5 Å². The molecule has 1 aliphatic heterocycles. The van der Waals surface area contributed by atoms with Gasteiger partial charge in [0.25, 0.3) is 5.91 Å². The summed E-state index contributed by atoms with van der Waals surface area (Å²) in [4.78, 5) is 17.5. The van der Waals surface area contributed by atoms with E-state index in [1.165, 1.54) is 4.90 Å². The number of fused-ring (bicyclic) bond motifs is 1. The number of nitrogens with zero attached hydrogens (tertiary/aromatic N) is 1. The Kier molecular flexibility index (Phi) is 3.94. The Hall–Kier alpha value is -1.52. The lowest BCUT2D eigenvalue weighted by molar-refractivity contribution is 0.0930. The molecule has 2 heterocycles. The van der Waals surface area contributed by atoms with E-state index in [2.05, 4.69) is 10.3 Å². The molecule has 20 heavy (non-hydrogen) atoms. The van der Waals surface area contributed by atoms with E-state index in [1.807, 2.05) is 24.3 Å². The highest BCUT2D eigenvalue weighted by molar-refractivity contribution is 7.99. The molecule has 1 aliphatic rings. The maximum Gasteiger partial charge on any atom is 0.270 e. The summed E-state index contributed by atoms with van der Waals surface area (Å²) in [7, 11) is 0. The van der Waals surface area contributed by atoms with E-state index in [9.17, 15) is 4.79 Å². The molecule has 2 aromatic rings. The minimum absolute atomic E-state index is 0.000504. The van der Waals surface area contributed by atoms with E-state index in [0.717, 1.165) is 17.7 Å². The number of pyridine rings is 1. The highest BCUT2D eigenvalue weighted by Gasteiger charge is 2.23. The van der Waals surface area contributed by atoms with Gasteiger partial charge < -0.3 is 5.32 Å². The topological polar surface area (TPSA) is 42.0 Å². The third-order valence-corrected chi connectivity index (χ3v) is 4.57. The van der Waals surface area contributed by atoms with Crippen molar-refractivity contribution in [3.8, 4) is 0 Å². The van der Waals surface area contributed by atoms with Crippen LogP contribution >= 0.6 is 23.4 Å². The van der Waals surface area contributed by atoms with Crippen molar-refractivity contribution in [2.45, 2.75) is 17.4 Å². The Morgan fingerprint density at radius 2 is 2.25 bits per heavy atom. The van der Waals surface area contributed by atoms with E-state index in [0.29, 0.717) is 10.7 Å². The van der Waals surface area contributed by atoms with Crippen molar-refractivity contribution in [3.05, 3.63) is 58.9 Å². The molecule has 0 spiro atoms. The van der Waals surface area contributed by atoms with E-state index in [4.69, 9.17) is 11.6 Å². The number of aromatic nitrogens is 1. The van der Waals surface area contributed by atoms with E-state index < -0.39 is 0 Å². The standard InChI is InChI=1S/C15H13ClN2OS/c16-10-4-5-14-11(9-10)12(6-8-20-14)18-15(19)13-3-1-2-7-17-13/h1-5,7,9,12H,6,8H2,(H,18,19). The Morgan fingerprint density at radius 3 is 3.05 bits per heavy atom. The molecule has 0 saturated carbocycles. The van der Waals surface area contributed by atoms with Crippen molar-refractivity contribution < 1.29 is 4.79 Å². The third kappa shape index (κ3) is 2.81. The molecule has 0 aliphatic carbocycles. The number of thioether (sulfide) groups is 1. The van der Waals surface area contributed by atoms with Crippen molar-refractivity contribution >= 4 is 29.3 Å².